The molecule has 0 fully saturated rings. The second kappa shape index (κ2) is 8.67. The van der Waals surface area contributed by atoms with Crippen LogP contribution in [-0.2, 0) is 15.7 Å². The molecule has 1 aromatic carbocycles. The lowest BCUT2D eigenvalue weighted by molar-refractivity contribution is -0.137. The van der Waals surface area contributed by atoms with Crippen molar-refractivity contribution >= 4 is 11.9 Å². The Labute approximate surface area is 163 Å². The fourth-order valence-electron chi connectivity index (χ4n) is 3.10. The Morgan fingerprint density at radius 1 is 1.36 bits per heavy atom. The van der Waals surface area contributed by atoms with Crippen LogP contribution < -0.4 is 5.32 Å². The lowest BCUT2D eigenvalue weighted by atomic mass is 9.93. The lowest BCUT2D eigenvalue weighted by Gasteiger charge is -2.37. The maximum absolute atomic E-state index is 13.2. The number of nitrogens with zero attached hydrogens (tertiary/aromatic N) is 2. The summed E-state index contributed by atoms with van der Waals surface area (Å²) in [6, 6.07) is 4.16. The van der Waals surface area contributed by atoms with Gasteiger partial charge in [-0.2, -0.15) is 13.2 Å². The smallest absolute Gasteiger partial charge is 0.416 e. The first-order chi connectivity index (χ1) is 13.1. The molecule has 8 heteroatoms. The third kappa shape index (κ3) is 4.66. The second-order valence-corrected chi connectivity index (χ2v) is 6.99. The number of guanidine groups is 1. The van der Waals surface area contributed by atoms with E-state index in [0.29, 0.717) is 36.2 Å². The van der Waals surface area contributed by atoms with Crippen molar-refractivity contribution < 1.29 is 22.7 Å². The third-order valence-corrected chi connectivity index (χ3v) is 4.49. The number of methoxy groups -OCH3 is 1. The highest BCUT2D eigenvalue weighted by Gasteiger charge is 2.36. The number of carbonyl (C=O) groups excluding carboxylic acids is 1. The molecule has 0 aromatic heterocycles. The van der Waals surface area contributed by atoms with Crippen molar-refractivity contribution in [1.29, 1.82) is 0 Å². The monoisotopic (exact) mass is 397 g/mol. The molecule has 0 amide bonds. The van der Waals surface area contributed by atoms with Crippen molar-refractivity contribution in [2.24, 2.45) is 10.9 Å². The quantitative estimate of drug-likeness (QED) is 0.759. The van der Waals surface area contributed by atoms with Gasteiger partial charge in [0.25, 0.3) is 0 Å². The van der Waals surface area contributed by atoms with Crippen LogP contribution in [0.5, 0.6) is 0 Å². The van der Waals surface area contributed by atoms with Gasteiger partial charge in [0.15, 0.2) is 5.96 Å². The van der Waals surface area contributed by atoms with Crippen molar-refractivity contribution in [1.82, 2.24) is 10.2 Å². The summed E-state index contributed by atoms with van der Waals surface area (Å²) in [6.07, 6.45) is -4.47. The van der Waals surface area contributed by atoms with Gasteiger partial charge in [-0.05, 0) is 37.5 Å². The van der Waals surface area contributed by atoms with E-state index in [9.17, 15) is 18.0 Å². The van der Waals surface area contributed by atoms with Gasteiger partial charge in [0.2, 0.25) is 0 Å². The molecule has 2 rings (SSSR count). The van der Waals surface area contributed by atoms with Crippen LogP contribution >= 0.6 is 0 Å². The van der Waals surface area contributed by atoms with E-state index < -0.39 is 23.8 Å². The predicted molar refractivity (Wildman–Crippen MR) is 102 cm³/mol. The summed E-state index contributed by atoms with van der Waals surface area (Å²) in [4.78, 5) is 18.9. The summed E-state index contributed by atoms with van der Waals surface area (Å²) in [7, 11) is 1.25. The van der Waals surface area contributed by atoms with Crippen LogP contribution in [0.1, 0.15) is 44.9 Å². The average molecular weight is 397 g/mol. The van der Waals surface area contributed by atoms with E-state index in [1.807, 2.05) is 25.7 Å². The molecule has 1 aromatic rings. The van der Waals surface area contributed by atoms with E-state index in [2.05, 4.69) is 10.3 Å². The van der Waals surface area contributed by atoms with Crippen LogP contribution in [0, 0.1) is 5.92 Å². The Bertz CT molecular complexity index is 785. The average Bonchev–Trinajstić information content (AvgIpc) is 2.64. The first-order valence-electron chi connectivity index (χ1n) is 9.14. The van der Waals surface area contributed by atoms with Crippen molar-refractivity contribution in [3.05, 3.63) is 46.7 Å². The Kier molecular flexibility index (Phi) is 6.74. The number of rotatable bonds is 5. The van der Waals surface area contributed by atoms with Crippen molar-refractivity contribution in [2.75, 3.05) is 20.2 Å². The van der Waals surface area contributed by atoms with Crippen LogP contribution in [-0.4, -0.2) is 37.0 Å². The first-order valence-corrected chi connectivity index (χ1v) is 9.14. The molecule has 0 radical (unpaired) electrons. The van der Waals surface area contributed by atoms with Gasteiger partial charge in [-0.15, -0.1) is 0 Å². The van der Waals surface area contributed by atoms with E-state index in [1.165, 1.54) is 13.2 Å². The molecule has 1 heterocycles. The van der Waals surface area contributed by atoms with E-state index in [1.54, 1.807) is 13.0 Å². The summed E-state index contributed by atoms with van der Waals surface area (Å²) >= 11 is 0. The minimum atomic E-state index is -4.47. The molecule has 0 saturated carbocycles. The molecular formula is C20H26F3N3O2. The molecular weight excluding hydrogens is 371 g/mol. The third-order valence-electron chi connectivity index (χ3n) is 4.49. The van der Waals surface area contributed by atoms with Gasteiger partial charge in [0.1, 0.15) is 0 Å². The predicted octanol–water partition coefficient (Wildman–Crippen LogP) is 4.13. The Hall–Kier alpha value is -2.51. The zero-order valence-corrected chi connectivity index (χ0v) is 16.7. The number of hydrogen-bond acceptors (Lipinski definition) is 3. The fraction of sp³-hybridized carbons (Fsp3) is 0.500. The van der Waals surface area contributed by atoms with Gasteiger partial charge in [-0.1, -0.05) is 26.0 Å². The van der Waals surface area contributed by atoms with Gasteiger partial charge in [0, 0.05) is 18.8 Å². The van der Waals surface area contributed by atoms with Gasteiger partial charge in [-0.3, -0.25) is 4.99 Å². The summed E-state index contributed by atoms with van der Waals surface area (Å²) in [6.45, 7) is 8.81. The number of allylic oxidation sites excluding steroid dienone is 1. The standard InChI is InChI=1S/C20H26F3N3O2/c1-6-26-13(4)16(18(27)28-5)17(25-19(26)24-11-12(2)3)14-8-7-9-15(10-14)20(21,22)23/h7-10,12,17H,6,11H2,1-5H3,(H,24,25)/t17-/m0/s1. The van der Waals surface area contributed by atoms with E-state index >= 15 is 0 Å². The highest BCUT2D eigenvalue weighted by molar-refractivity contribution is 5.96. The Morgan fingerprint density at radius 3 is 2.57 bits per heavy atom. The SMILES string of the molecule is CCN1C(=NCC(C)C)N[C@@H](c2cccc(C(F)(F)F)c2)C(C(=O)OC)=C1C. The van der Waals surface area contributed by atoms with Gasteiger partial charge in [0.05, 0.1) is 24.3 Å². The molecule has 154 valence electrons. The minimum absolute atomic E-state index is 0.271. The Balaban J connectivity index is 2.60. The zero-order chi connectivity index (χ0) is 21.1. The van der Waals surface area contributed by atoms with E-state index in [4.69, 9.17) is 4.74 Å². The van der Waals surface area contributed by atoms with Crippen LogP contribution in [0.25, 0.3) is 0 Å². The molecule has 0 aliphatic carbocycles. The zero-order valence-electron chi connectivity index (χ0n) is 16.7. The number of esters is 1. The summed E-state index contributed by atoms with van der Waals surface area (Å²) in [5, 5.41) is 3.15. The number of ether oxygens (including phenoxy) is 1. The highest BCUT2D eigenvalue weighted by Crippen LogP contribution is 2.35. The summed E-state index contributed by atoms with van der Waals surface area (Å²) in [5.41, 5.74) is 0.431. The summed E-state index contributed by atoms with van der Waals surface area (Å²) < 4.78 is 44.5. The van der Waals surface area contributed by atoms with E-state index in [0.717, 1.165) is 12.1 Å². The van der Waals surface area contributed by atoms with Crippen molar-refractivity contribution in [2.45, 2.75) is 39.9 Å². The normalized spacial score (nSPS) is 19.2. The van der Waals surface area contributed by atoms with Crippen LogP contribution in [0.15, 0.2) is 40.5 Å². The van der Waals surface area contributed by atoms with Crippen LogP contribution in [0.2, 0.25) is 0 Å². The molecule has 0 spiro atoms. The van der Waals surface area contributed by atoms with Gasteiger partial charge in [-0.25, -0.2) is 4.79 Å². The number of aliphatic imine (C=N–C) groups is 1. The molecule has 1 aliphatic rings. The number of halogens is 3. The number of alkyl halides is 3. The minimum Gasteiger partial charge on any atom is -0.466 e. The highest BCUT2D eigenvalue weighted by atomic mass is 19.4. The maximum Gasteiger partial charge on any atom is 0.416 e. The van der Waals surface area contributed by atoms with Crippen molar-refractivity contribution in [3.63, 3.8) is 0 Å². The largest absolute Gasteiger partial charge is 0.466 e. The lowest BCUT2D eigenvalue weighted by Crippen LogP contribution is -2.49. The van der Waals surface area contributed by atoms with E-state index in [-0.39, 0.29) is 5.57 Å². The van der Waals surface area contributed by atoms with Crippen LogP contribution in [0.4, 0.5) is 13.2 Å². The number of benzene rings is 1. The molecule has 1 aliphatic heterocycles. The Morgan fingerprint density at radius 2 is 2.04 bits per heavy atom. The van der Waals surface area contributed by atoms with Gasteiger partial charge < -0.3 is 15.0 Å². The molecule has 1 atom stereocenters. The fourth-order valence-corrected chi connectivity index (χ4v) is 3.10. The number of hydrogen-bond donors (Lipinski definition) is 1. The second-order valence-electron chi connectivity index (χ2n) is 6.99. The molecule has 0 bridgehead atoms. The molecule has 5 nitrogen and oxygen atoms in total. The topological polar surface area (TPSA) is 53.9 Å². The first kappa shape index (κ1) is 21.8. The molecule has 0 saturated heterocycles. The number of carbonyl (C=O) groups is 1. The maximum atomic E-state index is 13.2. The molecule has 28 heavy (non-hydrogen) atoms. The molecule has 1 N–H and O–H groups in total. The summed E-state index contributed by atoms with van der Waals surface area (Å²) in [5.74, 6) is 0.254. The van der Waals surface area contributed by atoms with Gasteiger partial charge >= 0.3 is 12.1 Å². The number of nitrogens with one attached hydrogen (secondary N) is 1. The van der Waals surface area contributed by atoms with Crippen molar-refractivity contribution in [3.8, 4) is 0 Å². The van der Waals surface area contributed by atoms with Crippen LogP contribution in [0.3, 0.4) is 0 Å². The molecule has 0 unspecified atom stereocenters.